The molecule has 1 heterocycles. The van der Waals surface area contributed by atoms with Crippen LogP contribution in [0.5, 0.6) is 0 Å². The number of benzene rings is 1. The van der Waals surface area contributed by atoms with E-state index in [4.69, 9.17) is 4.74 Å². The SMILES string of the molecule is COC(=O)c1ccc(C2CC3(CCN2)CC(F)(F)C3)c(NCCS(C)(=O)=O)c1. The van der Waals surface area contributed by atoms with Crippen LogP contribution in [0.25, 0.3) is 0 Å². The van der Waals surface area contributed by atoms with Crippen LogP contribution in [0.1, 0.15) is 47.6 Å². The maximum absolute atomic E-state index is 13.5. The first kappa shape index (κ1) is 21.0. The Hall–Kier alpha value is -1.74. The van der Waals surface area contributed by atoms with E-state index in [-0.39, 0.29) is 36.6 Å². The van der Waals surface area contributed by atoms with Gasteiger partial charge >= 0.3 is 5.97 Å². The van der Waals surface area contributed by atoms with Gasteiger partial charge in [-0.1, -0.05) is 6.07 Å². The number of sulfone groups is 1. The number of esters is 1. The number of anilines is 1. The lowest BCUT2D eigenvalue weighted by molar-refractivity contribution is -0.174. The third-order valence-corrected chi connectivity index (χ3v) is 6.53. The Morgan fingerprint density at radius 3 is 2.68 bits per heavy atom. The average Bonchev–Trinajstić information content (AvgIpc) is 2.58. The van der Waals surface area contributed by atoms with Crippen LogP contribution in [0.4, 0.5) is 14.5 Å². The third-order valence-electron chi connectivity index (χ3n) is 5.59. The number of piperidine rings is 1. The van der Waals surface area contributed by atoms with Gasteiger partial charge in [0.1, 0.15) is 9.84 Å². The number of ether oxygens (including phenoxy) is 1. The largest absolute Gasteiger partial charge is 0.465 e. The fourth-order valence-electron chi connectivity index (χ4n) is 4.33. The monoisotopic (exact) mass is 416 g/mol. The topological polar surface area (TPSA) is 84.5 Å². The molecular formula is C19H26F2N2O4S. The van der Waals surface area contributed by atoms with Crippen LogP contribution >= 0.6 is 0 Å². The summed E-state index contributed by atoms with van der Waals surface area (Å²) in [5.41, 5.74) is 1.45. The second kappa shape index (κ2) is 7.59. The van der Waals surface area contributed by atoms with Crippen molar-refractivity contribution in [1.82, 2.24) is 5.32 Å². The average molecular weight is 416 g/mol. The highest BCUT2D eigenvalue weighted by Crippen LogP contribution is 2.59. The quantitative estimate of drug-likeness (QED) is 0.694. The van der Waals surface area contributed by atoms with Crippen molar-refractivity contribution in [2.24, 2.45) is 5.41 Å². The smallest absolute Gasteiger partial charge is 0.337 e. The Labute approximate surface area is 163 Å². The number of halogens is 2. The van der Waals surface area contributed by atoms with E-state index in [1.165, 1.54) is 7.11 Å². The molecule has 1 saturated heterocycles. The molecule has 1 aliphatic carbocycles. The molecule has 0 aromatic heterocycles. The maximum Gasteiger partial charge on any atom is 0.337 e. The lowest BCUT2D eigenvalue weighted by Gasteiger charge is -2.52. The zero-order valence-corrected chi connectivity index (χ0v) is 16.9. The highest BCUT2D eigenvalue weighted by molar-refractivity contribution is 7.90. The fraction of sp³-hybridized carbons (Fsp3) is 0.632. The number of hydrogen-bond acceptors (Lipinski definition) is 6. The molecule has 28 heavy (non-hydrogen) atoms. The van der Waals surface area contributed by atoms with E-state index in [1.54, 1.807) is 18.2 Å². The number of rotatable bonds is 6. The summed E-state index contributed by atoms with van der Waals surface area (Å²) in [5, 5.41) is 6.47. The lowest BCUT2D eigenvalue weighted by Crippen LogP contribution is -2.52. The second-order valence-corrected chi connectivity index (χ2v) is 10.3. The van der Waals surface area contributed by atoms with E-state index in [0.717, 1.165) is 18.2 Å². The molecule has 1 aromatic carbocycles. The highest BCUT2D eigenvalue weighted by atomic mass is 32.2. The molecule has 1 aromatic rings. The van der Waals surface area contributed by atoms with Crippen molar-refractivity contribution in [3.05, 3.63) is 29.3 Å². The predicted octanol–water partition coefficient (Wildman–Crippen LogP) is 2.77. The van der Waals surface area contributed by atoms with Crippen molar-refractivity contribution >= 4 is 21.5 Å². The normalized spacial score (nSPS) is 23.1. The minimum Gasteiger partial charge on any atom is -0.465 e. The molecule has 0 radical (unpaired) electrons. The Balaban J connectivity index is 1.83. The van der Waals surface area contributed by atoms with Crippen molar-refractivity contribution in [3.8, 4) is 0 Å². The van der Waals surface area contributed by atoms with Gasteiger partial charge in [0.2, 0.25) is 5.92 Å². The summed E-state index contributed by atoms with van der Waals surface area (Å²) in [5.74, 6) is -3.12. The van der Waals surface area contributed by atoms with Gasteiger partial charge in [0.25, 0.3) is 0 Å². The van der Waals surface area contributed by atoms with Crippen molar-refractivity contribution in [2.75, 3.05) is 37.5 Å². The van der Waals surface area contributed by atoms with Crippen LogP contribution in [0, 0.1) is 5.41 Å². The minimum atomic E-state index is -3.14. The zero-order chi connectivity index (χ0) is 20.6. The molecule has 2 aliphatic rings. The Kier molecular flexibility index (Phi) is 5.69. The summed E-state index contributed by atoms with van der Waals surface area (Å²) < 4.78 is 54.6. The summed E-state index contributed by atoms with van der Waals surface area (Å²) in [7, 11) is -1.85. The zero-order valence-electron chi connectivity index (χ0n) is 16.1. The Morgan fingerprint density at radius 2 is 2.07 bits per heavy atom. The van der Waals surface area contributed by atoms with E-state index in [9.17, 15) is 22.0 Å². The molecule has 1 aliphatic heterocycles. The van der Waals surface area contributed by atoms with E-state index >= 15 is 0 Å². The number of carbonyl (C=O) groups is 1. The molecule has 2 N–H and O–H groups in total. The van der Waals surface area contributed by atoms with E-state index in [1.807, 2.05) is 0 Å². The molecule has 1 saturated carbocycles. The van der Waals surface area contributed by atoms with E-state index in [0.29, 0.717) is 24.2 Å². The van der Waals surface area contributed by atoms with Gasteiger partial charge in [-0.2, -0.15) is 0 Å². The molecule has 1 spiro atoms. The minimum absolute atomic E-state index is 0.0524. The van der Waals surface area contributed by atoms with E-state index in [2.05, 4.69) is 10.6 Å². The first-order valence-electron chi connectivity index (χ1n) is 9.28. The molecule has 0 bridgehead atoms. The van der Waals surface area contributed by atoms with Crippen LogP contribution < -0.4 is 10.6 Å². The van der Waals surface area contributed by atoms with Crippen LogP contribution in [-0.4, -0.2) is 52.5 Å². The van der Waals surface area contributed by atoms with Gasteiger partial charge in [-0.05, 0) is 42.5 Å². The number of methoxy groups -OCH3 is 1. The summed E-state index contributed by atoms with van der Waals surface area (Å²) in [4.78, 5) is 11.9. The maximum atomic E-state index is 13.5. The lowest BCUT2D eigenvalue weighted by atomic mass is 9.59. The molecular weight excluding hydrogens is 390 g/mol. The summed E-state index contributed by atoms with van der Waals surface area (Å²) >= 11 is 0. The van der Waals surface area contributed by atoms with Crippen molar-refractivity contribution in [2.45, 2.75) is 37.6 Å². The number of hydrogen-bond donors (Lipinski definition) is 2. The van der Waals surface area contributed by atoms with Gasteiger partial charge in [-0.25, -0.2) is 22.0 Å². The summed E-state index contributed by atoms with van der Waals surface area (Å²) in [6.07, 6.45) is 2.28. The molecule has 6 nitrogen and oxygen atoms in total. The van der Waals surface area contributed by atoms with Crippen LogP contribution in [0.15, 0.2) is 18.2 Å². The summed E-state index contributed by atoms with van der Waals surface area (Å²) in [6, 6.07) is 4.91. The van der Waals surface area contributed by atoms with Gasteiger partial charge in [0.15, 0.2) is 0 Å². The van der Waals surface area contributed by atoms with Crippen LogP contribution in [-0.2, 0) is 14.6 Å². The van der Waals surface area contributed by atoms with Crippen molar-refractivity contribution in [1.29, 1.82) is 0 Å². The molecule has 3 rings (SSSR count). The second-order valence-electron chi connectivity index (χ2n) is 8.02. The number of alkyl halides is 2. The summed E-state index contributed by atoms with van der Waals surface area (Å²) in [6.45, 7) is 0.828. The van der Waals surface area contributed by atoms with Gasteiger partial charge in [0.05, 0.1) is 18.4 Å². The standard InChI is InChI=1S/C19H26F2N2O4S/c1-27-17(24)13-3-4-14(15(9-13)23-7-8-28(2,25)26)16-10-18(5-6-22-16)11-19(20,21)12-18/h3-4,9,16,22-23H,5-8,10-12H2,1-2H3. The third kappa shape index (κ3) is 4.81. The fourth-order valence-corrected chi connectivity index (χ4v) is 4.81. The highest BCUT2D eigenvalue weighted by Gasteiger charge is 2.57. The van der Waals surface area contributed by atoms with Crippen LogP contribution in [0.3, 0.4) is 0 Å². The Bertz CT molecular complexity index is 849. The molecule has 156 valence electrons. The molecule has 2 fully saturated rings. The van der Waals surface area contributed by atoms with Crippen molar-refractivity contribution in [3.63, 3.8) is 0 Å². The molecule has 9 heteroatoms. The van der Waals surface area contributed by atoms with Gasteiger partial charge in [-0.3, -0.25) is 0 Å². The molecule has 0 amide bonds. The predicted molar refractivity (Wildman–Crippen MR) is 103 cm³/mol. The van der Waals surface area contributed by atoms with Gasteiger partial charge in [0, 0.05) is 37.4 Å². The molecule has 1 atom stereocenters. The number of nitrogens with one attached hydrogen (secondary N) is 2. The Morgan fingerprint density at radius 1 is 1.36 bits per heavy atom. The first-order valence-corrected chi connectivity index (χ1v) is 11.3. The van der Waals surface area contributed by atoms with Gasteiger partial charge in [-0.15, -0.1) is 0 Å². The van der Waals surface area contributed by atoms with Crippen molar-refractivity contribution < 1.29 is 26.7 Å². The van der Waals surface area contributed by atoms with E-state index < -0.39 is 21.7 Å². The number of carbonyl (C=O) groups excluding carboxylic acids is 1. The molecule has 1 unspecified atom stereocenters. The van der Waals surface area contributed by atoms with Crippen LogP contribution in [0.2, 0.25) is 0 Å². The first-order chi connectivity index (χ1) is 13.0. The van der Waals surface area contributed by atoms with Gasteiger partial charge < -0.3 is 15.4 Å².